The molecular weight excluding hydrogens is 835 g/mol. The van der Waals surface area contributed by atoms with Crippen LogP contribution in [0, 0.1) is 10.8 Å². The molecule has 3 aliphatic carbocycles. The van der Waals surface area contributed by atoms with Crippen LogP contribution in [0.5, 0.6) is 0 Å². The first-order valence-electron chi connectivity index (χ1n) is 25.9. The zero-order valence-corrected chi connectivity index (χ0v) is 42.0. The second-order valence-corrected chi connectivity index (χ2v) is 20.8. The maximum atomic E-state index is 10.9. The van der Waals surface area contributed by atoms with E-state index in [-0.39, 0.29) is 55.6 Å². The van der Waals surface area contributed by atoms with E-state index in [4.69, 9.17) is 42.6 Å². The number of aliphatic hydroxyl groups excluding tert-OH is 3. The van der Waals surface area contributed by atoms with Gasteiger partial charge in [-0.1, -0.05) is 85.5 Å². The fraction of sp³-hybridized carbons (Fsp3) is 1.00. The largest absolute Gasteiger partial charge is 0.389 e. The lowest BCUT2D eigenvalue weighted by Gasteiger charge is -2.29. The molecule has 6 atom stereocenters. The second kappa shape index (κ2) is 35.5. The summed E-state index contributed by atoms with van der Waals surface area (Å²) in [6, 6.07) is 1.45. The molecule has 0 aromatic heterocycles. The van der Waals surface area contributed by atoms with Crippen molar-refractivity contribution in [1.29, 1.82) is 0 Å². The van der Waals surface area contributed by atoms with Crippen LogP contribution < -0.4 is 16.0 Å². The lowest BCUT2D eigenvalue weighted by Crippen LogP contribution is -2.41. The van der Waals surface area contributed by atoms with Gasteiger partial charge in [0.05, 0.1) is 104 Å². The van der Waals surface area contributed by atoms with Crippen molar-refractivity contribution >= 4 is 0 Å². The number of hydrogen-bond donors (Lipinski definition) is 6. The van der Waals surface area contributed by atoms with Crippen LogP contribution in [-0.4, -0.2) is 189 Å². The highest BCUT2D eigenvalue weighted by molar-refractivity contribution is 4.78. The molecule has 0 spiro atoms. The minimum Gasteiger partial charge on any atom is -0.389 e. The van der Waals surface area contributed by atoms with Crippen LogP contribution in [0.3, 0.4) is 0 Å². The fourth-order valence-corrected chi connectivity index (χ4v) is 8.64. The summed E-state index contributed by atoms with van der Waals surface area (Å²) in [5, 5.41) is 42.7. The maximum absolute atomic E-state index is 10.9. The summed E-state index contributed by atoms with van der Waals surface area (Å²) in [5.74, 6) is 0. The molecule has 0 aromatic carbocycles. The monoisotopic (exact) mass is 934 g/mol. The van der Waals surface area contributed by atoms with E-state index < -0.39 is 18.3 Å². The third-order valence-electron chi connectivity index (χ3n) is 12.5. The van der Waals surface area contributed by atoms with Crippen molar-refractivity contribution in [2.24, 2.45) is 10.8 Å². The first-order chi connectivity index (χ1) is 31.4. The number of rotatable bonds is 40. The second-order valence-electron chi connectivity index (χ2n) is 20.8. The van der Waals surface area contributed by atoms with Crippen LogP contribution in [0.25, 0.3) is 0 Å². The molecule has 386 valence electrons. The molecule has 3 saturated carbocycles. The van der Waals surface area contributed by atoms with Crippen molar-refractivity contribution in [1.82, 2.24) is 16.0 Å². The Morgan fingerprint density at radius 2 is 0.692 bits per heavy atom. The van der Waals surface area contributed by atoms with E-state index >= 15 is 0 Å². The Morgan fingerprint density at radius 1 is 0.385 bits per heavy atom. The third kappa shape index (κ3) is 29.9. The maximum Gasteiger partial charge on any atom is 0.104 e. The van der Waals surface area contributed by atoms with Crippen LogP contribution in [0.4, 0.5) is 0 Å². The van der Waals surface area contributed by atoms with Crippen molar-refractivity contribution in [3.8, 4) is 0 Å². The molecule has 0 heterocycles. The Hall–Kier alpha value is -0.600. The van der Waals surface area contributed by atoms with Crippen LogP contribution in [0.1, 0.15) is 138 Å². The Kier molecular flexibility index (Phi) is 32.1. The van der Waals surface area contributed by atoms with Gasteiger partial charge in [-0.3, -0.25) is 0 Å². The Morgan fingerprint density at radius 3 is 1.08 bits per heavy atom. The molecule has 0 aliphatic heterocycles. The van der Waals surface area contributed by atoms with Crippen molar-refractivity contribution in [2.45, 2.75) is 193 Å². The van der Waals surface area contributed by atoms with Gasteiger partial charge >= 0.3 is 0 Å². The van der Waals surface area contributed by atoms with E-state index in [1.807, 2.05) is 13.8 Å². The Bertz CT molecular complexity index is 1110. The topological polar surface area (TPSA) is 180 Å². The molecule has 0 amide bonds. The van der Waals surface area contributed by atoms with Gasteiger partial charge in [0.1, 0.15) is 18.3 Å². The van der Waals surface area contributed by atoms with Crippen molar-refractivity contribution in [3.63, 3.8) is 0 Å². The predicted molar refractivity (Wildman–Crippen MR) is 256 cm³/mol. The van der Waals surface area contributed by atoms with E-state index in [0.29, 0.717) is 110 Å². The van der Waals surface area contributed by atoms with Crippen LogP contribution >= 0.6 is 0 Å². The molecule has 0 radical (unpaired) electrons. The van der Waals surface area contributed by atoms with Gasteiger partial charge in [-0.15, -0.1) is 0 Å². The van der Waals surface area contributed by atoms with Gasteiger partial charge in [0, 0.05) is 61.8 Å². The Labute approximate surface area is 395 Å². The lowest BCUT2D eigenvalue weighted by molar-refractivity contribution is -0.105. The van der Waals surface area contributed by atoms with Gasteiger partial charge in [0.15, 0.2) is 0 Å². The third-order valence-corrected chi connectivity index (χ3v) is 12.5. The van der Waals surface area contributed by atoms with Gasteiger partial charge in [-0.25, -0.2) is 0 Å². The fourth-order valence-electron chi connectivity index (χ4n) is 8.64. The summed E-state index contributed by atoms with van der Waals surface area (Å²) in [6.45, 7) is 19.6. The predicted octanol–water partition coefficient (Wildman–Crippen LogP) is 5.18. The molecule has 0 aromatic rings. The van der Waals surface area contributed by atoms with Crippen molar-refractivity contribution in [3.05, 3.63) is 0 Å². The van der Waals surface area contributed by atoms with E-state index in [1.165, 1.54) is 96.3 Å². The molecule has 0 saturated heterocycles. The highest BCUT2D eigenvalue weighted by Crippen LogP contribution is 2.21. The van der Waals surface area contributed by atoms with Crippen LogP contribution in [-0.2, 0) is 42.6 Å². The average Bonchev–Trinajstić information content (AvgIpc) is 3.30. The Balaban J connectivity index is 1.35. The zero-order chi connectivity index (χ0) is 47.0. The summed E-state index contributed by atoms with van der Waals surface area (Å²) < 4.78 is 54.2. The highest BCUT2D eigenvalue weighted by Gasteiger charge is 2.25. The molecule has 3 fully saturated rings. The summed E-state index contributed by atoms with van der Waals surface area (Å²) in [6.07, 6.45) is 15.7. The van der Waals surface area contributed by atoms with E-state index in [2.05, 4.69) is 43.6 Å². The zero-order valence-electron chi connectivity index (χ0n) is 42.0. The highest BCUT2D eigenvalue weighted by atomic mass is 16.6. The number of ether oxygens (including phenoxy) is 9. The van der Waals surface area contributed by atoms with Gasteiger partial charge in [-0.2, -0.15) is 0 Å². The average molecular weight is 934 g/mol. The van der Waals surface area contributed by atoms with E-state index in [0.717, 1.165) is 0 Å². The summed E-state index contributed by atoms with van der Waals surface area (Å²) in [5.41, 5.74) is -0.571. The van der Waals surface area contributed by atoms with E-state index in [1.54, 1.807) is 0 Å². The molecule has 3 aliphatic rings. The van der Waals surface area contributed by atoms with Crippen LogP contribution in [0.2, 0.25) is 0 Å². The van der Waals surface area contributed by atoms with E-state index in [9.17, 15) is 15.3 Å². The molecule has 0 bridgehead atoms. The number of aliphatic hydroxyl groups is 3. The molecule has 15 heteroatoms. The standard InChI is InChI=1S/C50H99N3O12/c1-7-57-32-47(64-28-43(54)24-51-40-18-12-9-13-19-40)34-61-38-49(3,4)36-59-27-45(56)30-63-46(26-53-42-22-16-11-17-23-42)31-60-37-50(5,6)39-62-35-48(33-58-8-2)65-29-44(55)25-52-41-20-14-10-15-21-41/h40-48,51-56H,7-39H2,1-6H3. The SMILES string of the molecule is CCOCC(COCC(C)(C)COCC(O)COC(CNC1CCCCC1)COCC(C)(C)COCC(COCC)OCC(O)CNC1CCCCC1)OCC(O)CNC1CCCCC1. The molecule has 15 nitrogen and oxygen atoms in total. The van der Waals surface area contributed by atoms with Gasteiger partial charge in [-0.05, 0) is 52.4 Å². The summed E-state index contributed by atoms with van der Waals surface area (Å²) in [4.78, 5) is 0. The summed E-state index contributed by atoms with van der Waals surface area (Å²) >= 11 is 0. The summed E-state index contributed by atoms with van der Waals surface area (Å²) in [7, 11) is 0. The lowest BCUT2D eigenvalue weighted by atomic mass is 9.95. The molecule has 65 heavy (non-hydrogen) atoms. The first kappa shape index (κ1) is 58.7. The van der Waals surface area contributed by atoms with Crippen molar-refractivity contribution < 1.29 is 58.0 Å². The minimum absolute atomic E-state index is 0.134. The smallest absolute Gasteiger partial charge is 0.104 e. The molecular formula is C50H99N3O12. The molecule has 6 unspecified atom stereocenters. The minimum atomic E-state index is -0.794. The number of hydrogen-bond acceptors (Lipinski definition) is 15. The molecule has 3 rings (SSSR count). The normalized spacial score (nSPS) is 20.4. The molecule has 6 N–H and O–H groups in total. The first-order valence-corrected chi connectivity index (χ1v) is 25.9. The van der Waals surface area contributed by atoms with Gasteiger partial charge in [0.2, 0.25) is 0 Å². The number of nitrogens with one attached hydrogen (secondary N) is 3. The quantitative estimate of drug-likeness (QED) is 0.0473. The van der Waals surface area contributed by atoms with Gasteiger partial charge < -0.3 is 73.9 Å². The van der Waals surface area contributed by atoms with Crippen molar-refractivity contribution in [2.75, 3.05) is 119 Å². The van der Waals surface area contributed by atoms with Gasteiger partial charge in [0.25, 0.3) is 0 Å². The van der Waals surface area contributed by atoms with Crippen LogP contribution in [0.15, 0.2) is 0 Å².